The number of azo groups is 1. The minimum atomic E-state index is -0.554. The Balaban J connectivity index is 1.25. The van der Waals surface area contributed by atoms with Crippen LogP contribution in [0.4, 0.5) is 5.69 Å². The van der Waals surface area contributed by atoms with Crippen LogP contribution in [0.2, 0.25) is 0 Å². The zero-order valence-corrected chi connectivity index (χ0v) is 22.3. The number of aromatic hydroxyl groups is 1. The summed E-state index contributed by atoms with van der Waals surface area (Å²) in [5.74, 6) is 0.705. The van der Waals surface area contributed by atoms with Crippen LogP contribution >= 0.6 is 0 Å². The molecule has 0 fully saturated rings. The van der Waals surface area contributed by atoms with E-state index in [9.17, 15) is 9.90 Å². The predicted octanol–water partition coefficient (Wildman–Crippen LogP) is 7.57. The van der Waals surface area contributed by atoms with Gasteiger partial charge in [-0.15, -0.1) is 10.2 Å². The van der Waals surface area contributed by atoms with Crippen LogP contribution in [0.15, 0.2) is 101 Å². The topological polar surface area (TPSA) is 85.4 Å². The number of amides is 1. The van der Waals surface area contributed by atoms with Crippen molar-refractivity contribution in [1.82, 2.24) is 4.57 Å². The molecule has 0 aliphatic rings. The molecule has 39 heavy (non-hydrogen) atoms. The van der Waals surface area contributed by atoms with Crippen molar-refractivity contribution in [2.24, 2.45) is 10.2 Å². The fourth-order valence-corrected chi connectivity index (χ4v) is 4.44. The molecule has 0 saturated carbocycles. The molecule has 5 rings (SSSR count). The SMILES string of the molecule is CC(C)(C)c1ccc(OCCn2c(O)c(N=NC(=O)COc3ccc4ccccc4c3)c3ccccc32)cc1. The van der Waals surface area contributed by atoms with Gasteiger partial charge in [-0.1, -0.05) is 81.4 Å². The van der Waals surface area contributed by atoms with Gasteiger partial charge in [-0.3, -0.25) is 4.79 Å². The Bertz CT molecular complexity index is 1650. The second-order valence-electron chi connectivity index (χ2n) is 10.4. The van der Waals surface area contributed by atoms with Gasteiger partial charge in [0, 0.05) is 5.39 Å². The lowest BCUT2D eigenvalue weighted by Gasteiger charge is -2.19. The summed E-state index contributed by atoms with van der Waals surface area (Å²) in [6, 6.07) is 29.0. The van der Waals surface area contributed by atoms with Gasteiger partial charge in [-0.2, -0.15) is 0 Å². The van der Waals surface area contributed by atoms with Gasteiger partial charge in [-0.05, 0) is 52.1 Å². The van der Waals surface area contributed by atoms with Gasteiger partial charge in [0.2, 0.25) is 5.88 Å². The van der Waals surface area contributed by atoms with Gasteiger partial charge < -0.3 is 19.1 Å². The first-order valence-electron chi connectivity index (χ1n) is 12.9. The number of hydrogen-bond acceptors (Lipinski definition) is 5. The molecule has 1 N–H and O–H groups in total. The van der Waals surface area contributed by atoms with Crippen molar-refractivity contribution in [3.05, 3.63) is 96.6 Å². The van der Waals surface area contributed by atoms with Crippen molar-refractivity contribution >= 4 is 33.3 Å². The predicted molar refractivity (Wildman–Crippen MR) is 153 cm³/mol. The average molecular weight is 522 g/mol. The highest BCUT2D eigenvalue weighted by Crippen LogP contribution is 2.38. The third-order valence-corrected chi connectivity index (χ3v) is 6.57. The largest absolute Gasteiger partial charge is 0.493 e. The van der Waals surface area contributed by atoms with Crippen LogP contribution in [-0.2, 0) is 16.8 Å². The molecule has 7 nitrogen and oxygen atoms in total. The zero-order chi connectivity index (χ0) is 27.4. The van der Waals surface area contributed by atoms with Crippen LogP contribution < -0.4 is 9.47 Å². The molecule has 1 aromatic heterocycles. The summed E-state index contributed by atoms with van der Waals surface area (Å²) in [5.41, 5.74) is 2.31. The van der Waals surface area contributed by atoms with E-state index in [4.69, 9.17) is 9.47 Å². The summed E-state index contributed by atoms with van der Waals surface area (Å²) in [4.78, 5) is 12.4. The summed E-state index contributed by atoms with van der Waals surface area (Å²) in [6.45, 7) is 6.98. The van der Waals surface area contributed by atoms with E-state index in [0.717, 1.165) is 22.0 Å². The Hall–Kier alpha value is -4.65. The number of aromatic nitrogens is 1. The molecular formula is C32H31N3O4. The first-order chi connectivity index (χ1) is 18.8. The fraction of sp³-hybridized carbons (Fsp3) is 0.219. The Morgan fingerprint density at radius 1 is 0.846 bits per heavy atom. The van der Waals surface area contributed by atoms with Gasteiger partial charge in [-0.25, -0.2) is 0 Å². The lowest BCUT2D eigenvalue weighted by Crippen LogP contribution is -2.11. The van der Waals surface area contributed by atoms with Crippen LogP contribution in [0.5, 0.6) is 17.4 Å². The van der Waals surface area contributed by atoms with Crippen molar-refractivity contribution in [2.45, 2.75) is 32.7 Å². The molecule has 0 aliphatic carbocycles. The normalized spacial score (nSPS) is 11.9. The molecule has 0 atom stereocenters. The molecule has 7 heteroatoms. The summed E-state index contributed by atoms with van der Waals surface area (Å²) in [7, 11) is 0. The van der Waals surface area contributed by atoms with Crippen molar-refractivity contribution < 1.29 is 19.4 Å². The highest BCUT2D eigenvalue weighted by molar-refractivity contribution is 5.95. The van der Waals surface area contributed by atoms with Gasteiger partial charge in [0.05, 0.1) is 12.1 Å². The molecule has 0 spiro atoms. The number of nitrogens with zero attached hydrogens (tertiary/aromatic N) is 3. The van der Waals surface area contributed by atoms with Gasteiger partial charge in [0.15, 0.2) is 12.3 Å². The highest BCUT2D eigenvalue weighted by atomic mass is 16.5. The number of ether oxygens (including phenoxy) is 2. The van der Waals surface area contributed by atoms with E-state index in [1.54, 1.807) is 4.57 Å². The summed E-state index contributed by atoms with van der Waals surface area (Å²) in [6.07, 6.45) is 0. The average Bonchev–Trinajstić information content (AvgIpc) is 3.20. The quantitative estimate of drug-likeness (QED) is 0.213. The van der Waals surface area contributed by atoms with E-state index in [-0.39, 0.29) is 23.6 Å². The Labute approximate surface area is 227 Å². The molecule has 1 amide bonds. The summed E-state index contributed by atoms with van der Waals surface area (Å²) < 4.78 is 13.3. The number of carbonyl (C=O) groups is 1. The third kappa shape index (κ3) is 5.93. The zero-order valence-electron chi connectivity index (χ0n) is 22.3. The minimum Gasteiger partial charge on any atom is -0.493 e. The van der Waals surface area contributed by atoms with Crippen molar-refractivity contribution in [3.8, 4) is 17.4 Å². The Morgan fingerprint density at radius 2 is 1.54 bits per heavy atom. The summed E-state index contributed by atoms with van der Waals surface area (Å²) in [5, 5.41) is 21.7. The molecule has 5 aromatic rings. The third-order valence-electron chi connectivity index (χ3n) is 6.57. The van der Waals surface area contributed by atoms with Crippen LogP contribution in [0.3, 0.4) is 0 Å². The number of carbonyl (C=O) groups excluding carboxylic acids is 1. The lowest BCUT2D eigenvalue weighted by atomic mass is 9.87. The first-order valence-corrected chi connectivity index (χ1v) is 12.9. The second kappa shape index (κ2) is 11.0. The van der Waals surface area contributed by atoms with Crippen molar-refractivity contribution in [1.29, 1.82) is 0 Å². The fourth-order valence-electron chi connectivity index (χ4n) is 4.44. The molecular weight excluding hydrogens is 490 g/mol. The Morgan fingerprint density at radius 3 is 2.31 bits per heavy atom. The molecule has 0 aliphatic heterocycles. The maximum absolute atomic E-state index is 12.4. The summed E-state index contributed by atoms with van der Waals surface area (Å²) >= 11 is 0. The smallest absolute Gasteiger partial charge is 0.302 e. The standard InChI is InChI=1S/C32H31N3O4/c1-32(2,3)24-13-16-25(17-14-24)38-19-18-35-28-11-7-6-10-27(28)30(31(35)37)34-33-29(36)21-39-26-15-12-22-8-4-5-9-23(22)20-26/h4-17,20,37H,18-19,21H2,1-3H3. The van der Waals surface area contributed by atoms with Gasteiger partial charge in [0.1, 0.15) is 18.1 Å². The monoisotopic (exact) mass is 521 g/mol. The van der Waals surface area contributed by atoms with E-state index >= 15 is 0 Å². The molecule has 4 aromatic carbocycles. The minimum absolute atomic E-state index is 0.0727. The van der Waals surface area contributed by atoms with E-state index < -0.39 is 5.91 Å². The number of benzene rings is 4. The van der Waals surface area contributed by atoms with E-state index in [2.05, 4.69) is 43.1 Å². The van der Waals surface area contributed by atoms with Crippen LogP contribution in [0.25, 0.3) is 21.7 Å². The lowest BCUT2D eigenvalue weighted by molar-refractivity contribution is -0.120. The molecule has 0 bridgehead atoms. The van der Waals surface area contributed by atoms with E-state index in [1.807, 2.05) is 78.9 Å². The second-order valence-corrected chi connectivity index (χ2v) is 10.4. The van der Waals surface area contributed by atoms with E-state index in [0.29, 0.717) is 24.3 Å². The van der Waals surface area contributed by atoms with Crippen LogP contribution in [-0.4, -0.2) is 28.8 Å². The van der Waals surface area contributed by atoms with Gasteiger partial charge in [0.25, 0.3) is 0 Å². The number of para-hydroxylation sites is 1. The van der Waals surface area contributed by atoms with Crippen molar-refractivity contribution in [3.63, 3.8) is 0 Å². The maximum atomic E-state index is 12.4. The molecule has 198 valence electrons. The maximum Gasteiger partial charge on any atom is 0.302 e. The Kier molecular flexibility index (Phi) is 7.32. The first kappa shape index (κ1) is 26.0. The molecule has 1 heterocycles. The molecule has 0 saturated heterocycles. The number of fused-ring (bicyclic) bond motifs is 2. The van der Waals surface area contributed by atoms with Crippen LogP contribution in [0.1, 0.15) is 26.3 Å². The van der Waals surface area contributed by atoms with Crippen LogP contribution in [0, 0.1) is 0 Å². The molecule has 0 unspecified atom stereocenters. The van der Waals surface area contributed by atoms with E-state index in [1.165, 1.54) is 5.56 Å². The van der Waals surface area contributed by atoms with Crippen molar-refractivity contribution in [2.75, 3.05) is 13.2 Å². The number of rotatable bonds is 8. The molecule has 0 radical (unpaired) electrons. The van der Waals surface area contributed by atoms with Gasteiger partial charge >= 0.3 is 5.91 Å². The number of hydrogen-bond donors (Lipinski definition) is 1. The highest BCUT2D eigenvalue weighted by Gasteiger charge is 2.17.